The Labute approximate surface area is 95.6 Å². The maximum Gasteiger partial charge on any atom is 0.187 e. The summed E-state index contributed by atoms with van der Waals surface area (Å²) in [4.78, 5) is 10.5. The summed E-state index contributed by atoms with van der Waals surface area (Å²) < 4.78 is 4.96. The lowest BCUT2D eigenvalue weighted by Crippen LogP contribution is -1.79. The van der Waals surface area contributed by atoms with Crippen LogP contribution in [0.4, 0.5) is 0 Å². The molecule has 0 amide bonds. The third-order valence-electron chi connectivity index (χ3n) is 1.89. The van der Waals surface area contributed by atoms with Crippen LogP contribution in [-0.2, 0) is 0 Å². The van der Waals surface area contributed by atoms with Crippen LogP contribution < -0.4 is 0 Å². The molecule has 0 bridgehead atoms. The normalized spacial score (nSPS) is 10.3. The first-order valence-electron chi connectivity index (χ1n) is 4.09. The van der Waals surface area contributed by atoms with E-state index >= 15 is 0 Å². The summed E-state index contributed by atoms with van der Waals surface area (Å²) in [6.45, 7) is 0. The van der Waals surface area contributed by atoms with Gasteiger partial charge in [0.05, 0.1) is 5.02 Å². The number of hydrogen-bond acceptors (Lipinski definition) is 3. The van der Waals surface area contributed by atoms with Crippen molar-refractivity contribution in [2.24, 2.45) is 0 Å². The summed E-state index contributed by atoms with van der Waals surface area (Å²) in [5.41, 5.74) is 0.691. The van der Waals surface area contributed by atoms with Crippen molar-refractivity contribution in [3.05, 3.63) is 40.0 Å². The number of carbonyl (C=O) groups excluding carboxylic acids is 1. The first-order valence-corrected chi connectivity index (χ1v) is 4.85. The minimum Gasteiger partial charge on any atom is -0.354 e. The van der Waals surface area contributed by atoms with E-state index in [1.165, 1.54) is 0 Å². The van der Waals surface area contributed by atoms with Gasteiger partial charge in [-0.05, 0) is 12.1 Å². The number of nitrogens with zero attached hydrogens (tertiary/aromatic N) is 1. The molecule has 0 saturated carbocycles. The lowest BCUT2D eigenvalue weighted by atomic mass is 10.1. The second-order valence-electron chi connectivity index (χ2n) is 2.81. The monoisotopic (exact) mass is 241 g/mol. The molecule has 0 unspecified atom stereocenters. The molecule has 0 aliphatic heterocycles. The zero-order chi connectivity index (χ0) is 10.8. The molecule has 2 aromatic rings. The van der Waals surface area contributed by atoms with Crippen LogP contribution in [0.15, 0.2) is 28.8 Å². The fourth-order valence-corrected chi connectivity index (χ4v) is 1.61. The number of hydrogen-bond donors (Lipinski definition) is 0. The van der Waals surface area contributed by atoms with Crippen molar-refractivity contribution in [3.8, 4) is 11.3 Å². The number of halogens is 2. The van der Waals surface area contributed by atoms with E-state index in [-0.39, 0.29) is 10.7 Å². The molecule has 2 rings (SSSR count). The largest absolute Gasteiger partial charge is 0.354 e. The standard InChI is InChI=1S/C10H5Cl2NO2/c11-7-4-2-1-3-6(7)10-9(12)8(5-14)13-15-10/h1-5H. The Hall–Kier alpha value is -1.32. The SMILES string of the molecule is O=Cc1noc(-c2ccccc2Cl)c1Cl. The molecule has 1 aromatic heterocycles. The Morgan fingerprint density at radius 2 is 2.00 bits per heavy atom. The number of benzene rings is 1. The average Bonchev–Trinajstić information content (AvgIpc) is 2.60. The van der Waals surface area contributed by atoms with Crippen LogP contribution in [0.5, 0.6) is 0 Å². The van der Waals surface area contributed by atoms with Crippen molar-refractivity contribution in [1.29, 1.82) is 0 Å². The van der Waals surface area contributed by atoms with E-state index in [0.717, 1.165) is 0 Å². The van der Waals surface area contributed by atoms with E-state index in [1.807, 2.05) is 0 Å². The third kappa shape index (κ3) is 1.76. The molecule has 0 saturated heterocycles. The summed E-state index contributed by atoms with van der Waals surface area (Å²) in [6.07, 6.45) is 0.534. The number of carbonyl (C=O) groups is 1. The molecule has 0 aliphatic carbocycles. The van der Waals surface area contributed by atoms with E-state index in [0.29, 0.717) is 22.6 Å². The predicted octanol–water partition coefficient (Wildman–Crippen LogP) is 3.46. The van der Waals surface area contributed by atoms with Crippen molar-refractivity contribution in [3.63, 3.8) is 0 Å². The topological polar surface area (TPSA) is 43.1 Å². The number of aldehydes is 1. The maximum absolute atomic E-state index is 10.5. The van der Waals surface area contributed by atoms with E-state index in [1.54, 1.807) is 24.3 Å². The summed E-state index contributed by atoms with van der Waals surface area (Å²) in [5, 5.41) is 4.19. The van der Waals surface area contributed by atoms with Gasteiger partial charge in [-0.3, -0.25) is 4.79 Å². The van der Waals surface area contributed by atoms with Crippen molar-refractivity contribution < 1.29 is 9.32 Å². The lowest BCUT2D eigenvalue weighted by molar-refractivity contribution is 0.111. The minimum absolute atomic E-state index is 0.0755. The van der Waals surface area contributed by atoms with Gasteiger partial charge in [-0.15, -0.1) is 0 Å². The lowest BCUT2D eigenvalue weighted by Gasteiger charge is -1.98. The van der Waals surface area contributed by atoms with Crippen LogP contribution >= 0.6 is 23.2 Å². The van der Waals surface area contributed by atoms with Gasteiger partial charge in [-0.2, -0.15) is 0 Å². The molecule has 1 heterocycles. The summed E-state index contributed by atoms with van der Waals surface area (Å²) in [6, 6.07) is 7.02. The first-order chi connectivity index (χ1) is 7.24. The highest BCUT2D eigenvalue weighted by Gasteiger charge is 2.16. The van der Waals surface area contributed by atoms with Gasteiger partial charge < -0.3 is 4.52 Å². The number of rotatable bonds is 2. The molecular weight excluding hydrogens is 237 g/mol. The van der Waals surface area contributed by atoms with Crippen LogP contribution in [0.2, 0.25) is 10.0 Å². The van der Waals surface area contributed by atoms with Crippen LogP contribution in [0, 0.1) is 0 Å². The average molecular weight is 242 g/mol. The molecule has 0 fully saturated rings. The maximum atomic E-state index is 10.5. The Balaban J connectivity index is 2.59. The van der Waals surface area contributed by atoms with Gasteiger partial charge in [0.25, 0.3) is 0 Å². The molecule has 0 aliphatic rings. The van der Waals surface area contributed by atoms with Gasteiger partial charge in [-0.1, -0.05) is 40.5 Å². The van der Waals surface area contributed by atoms with Crippen LogP contribution in [0.3, 0.4) is 0 Å². The number of aromatic nitrogens is 1. The molecule has 76 valence electrons. The molecule has 0 N–H and O–H groups in total. The second-order valence-corrected chi connectivity index (χ2v) is 3.59. The third-order valence-corrected chi connectivity index (χ3v) is 2.58. The second kappa shape index (κ2) is 4.04. The first kappa shape index (κ1) is 10.2. The molecule has 0 radical (unpaired) electrons. The summed E-state index contributed by atoms with van der Waals surface area (Å²) in [5.74, 6) is 0.310. The summed E-state index contributed by atoms with van der Waals surface area (Å²) in [7, 11) is 0. The van der Waals surface area contributed by atoms with Gasteiger partial charge in [-0.25, -0.2) is 0 Å². The van der Waals surface area contributed by atoms with Gasteiger partial charge in [0, 0.05) is 5.56 Å². The fraction of sp³-hybridized carbons (Fsp3) is 0. The molecule has 0 spiro atoms. The quantitative estimate of drug-likeness (QED) is 0.757. The van der Waals surface area contributed by atoms with Crippen molar-refractivity contribution in [2.45, 2.75) is 0 Å². The van der Waals surface area contributed by atoms with Gasteiger partial charge in [0.2, 0.25) is 0 Å². The predicted molar refractivity (Wildman–Crippen MR) is 57.3 cm³/mol. The van der Waals surface area contributed by atoms with E-state index in [9.17, 15) is 4.79 Å². The van der Waals surface area contributed by atoms with Crippen molar-refractivity contribution >= 4 is 29.5 Å². The van der Waals surface area contributed by atoms with Gasteiger partial charge >= 0.3 is 0 Å². The molecule has 15 heavy (non-hydrogen) atoms. The minimum atomic E-state index is 0.0755. The van der Waals surface area contributed by atoms with Crippen molar-refractivity contribution in [2.75, 3.05) is 0 Å². The Bertz CT molecular complexity index is 508. The van der Waals surface area contributed by atoms with E-state index in [4.69, 9.17) is 27.7 Å². The highest BCUT2D eigenvalue weighted by molar-refractivity contribution is 6.37. The Morgan fingerprint density at radius 1 is 1.27 bits per heavy atom. The Kier molecular flexibility index (Phi) is 2.75. The molecular formula is C10H5Cl2NO2. The van der Waals surface area contributed by atoms with Crippen LogP contribution in [0.25, 0.3) is 11.3 Å². The zero-order valence-electron chi connectivity index (χ0n) is 7.41. The zero-order valence-corrected chi connectivity index (χ0v) is 8.92. The molecule has 3 nitrogen and oxygen atoms in total. The van der Waals surface area contributed by atoms with E-state index < -0.39 is 0 Å². The van der Waals surface area contributed by atoms with Crippen molar-refractivity contribution in [1.82, 2.24) is 5.16 Å². The smallest absolute Gasteiger partial charge is 0.187 e. The van der Waals surface area contributed by atoms with E-state index in [2.05, 4.69) is 5.16 Å². The van der Waals surface area contributed by atoms with Gasteiger partial charge in [0.1, 0.15) is 5.02 Å². The molecule has 1 aromatic carbocycles. The highest BCUT2D eigenvalue weighted by Crippen LogP contribution is 2.34. The summed E-state index contributed by atoms with van der Waals surface area (Å²) >= 11 is 11.8. The molecule has 0 atom stereocenters. The van der Waals surface area contributed by atoms with Crippen LogP contribution in [0.1, 0.15) is 10.5 Å². The van der Waals surface area contributed by atoms with Gasteiger partial charge in [0.15, 0.2) is 17.7 Å². The highest BCUT2D eigenvalue weighted by atomic mass is 35.5. The fourth-order valence-electron chi connectivity index (χ4n) is 1.18. The molecule has 5 heteroatoms. The van der Waals surface area contributed by atoms with Crippen LogP contribution in [-0.4, -0.2) is 11.4 Å². The Morgan fingerprint density at radius 3 is 2.60 bits per heavy atom.